The molecule has 0 aliphatic carbocycles. The van der Waals surface area contributed by atoms with Crippen molar-refractivity contribution in [3.63, 3.8) is 0 Å². The van der Waals surface area contributed by atoms with Crippen molar-refractivity contribution in [2.45, 2.75) is 12.7 Å². The summed E-state index contributed by atoms with van der Waals surface area (Å²) in [5.74, 6) is 0. The predicted octanol–water partition coefficient (Wildman–Crippen LogP) is 1.89. The summed E-state index contributed by atoms with van der Waals surface area (Å²) in [7, 11) is 0. The molecule has 1 aromatic rings. The number of hydrogen-bond acceptors (Lipinski definition) is 4. The summed E-state index contributed by atoms with van der Waals surface area (Å²) in [5, 5.41) is 9.04. The van der Waals surface area contributed by atoms with Gasteiger partial charge in [0, 0.05) is 0 Å². The summed E-state index contributed by atoms with van der Waals surface area (Å²) >= 11 is 0. The van der Waals surface area contributed by atoms with Gasteiger partial charge in [0.2, 0.25) is 0 Å². The second kappa shape index (κ2) is 6.63. The second-order valence-corrected chi connectivity index (χ2v) is 3.14. The van der Waals surface area contributed by atoms with Crippen molar-refractivity contribution in [1.29, 1.82) is 0 Å². The molecule has 0 bridgehead atoms. The minimum absolute atomic E-state index is 0.142. The zero-order chi connectivity index (χ0) is 11.8. The Balaban J connectivity index is 2.23. The predicted molar refractivity (Wildman–Crippen MR) is 58.8 cm³/mol. The van der Waals surface area contributed by atoms with Crippen LogP contribution in [0.3, 0.4) is 0 Å². The highest BCUT2D eigenvalue weighted by Gasteiger charge is 2.06. The number of hydrogen-bond donors (Lipinski definition) is 1. The normalized spacial score (nSPS) is 11.6. The number of rotatable bonds is 5. The maximum atomic E-state index is 11.0. The third-order valence-corrected chi connectivity index (χ3v) is 1.84. The zero-order valence-electron chi connectivity index (χ0n) is 8.83. The van der Waals surface area contributed by atoms with Crippen LogP contribution in [0.1, 0.15) is 5.56 Å². The largest absolute Gasteiger partial charge is 0.508 e. The van der Waals surface area contributed by atoms with Gasteiger partial charge in [0.15, 0.2) is 0 Å². The summed E-state index contributed by atoms with van der Waals surface area (Å²) < 4.78 is 9.45. The minimum atomic E-state index is -0.857. The third kappa shape index (κ3) is 4.61. The Labute approximate surface area is 94.1 Å². The van der Waals surface area contributed by atoms with E-state index in [0.717, 1.165) is 5.56 Å². The highest BCUT2D eigenvalue weighted by Crippen LogP contribution is 2.01. The lowest BCUT2D eigenvalue weighted by Crippen LogP contribution is -2.16. The Morgan fingerprint density at radius 2 is 2.06 bits per heavy atom. The maximum absolute atomic E-state index is 11.0. The van der Waals surface area contributed by atoms with Crippen LogP contribution in [0.5, 0.6) is 0 Å². The molecule has 1 N–H and O–H groups in total. The highest BCUT2D eigenvalue weighted by molar-refractivity contribution is 5.59. The van der Waals surface area contributed by atoms with Gasteiger partial charge in [0.05, 0.1) is 0 Å². The number of ether oxygens (including phenoxy) is 2. The molecule has 0 aliphatic heterocycles. The van der Waals surface area contributed by atoms with Crippen LogP contribution >= 0.6 is 0 Å². The van der Waals surface area contributed by atoms with Crippen molar-refractivity contribution in [2.75, 3.05) is 6.61 Å². The first-order valence-corrected chi connectivity index (χ1v) is 4.86. The fourth-order valence-corrected chi connectivity index (χ4v) is 0.980. The quantitative estimate of drug-likeness (QED) is 0.610. The molecule has 16 heavy (non-hydrogen) atoms. The summed E-state index contributed by atoms with van der Waals surface area (Å²) in [5.41, 5.74) is 0.878. The molecule has 0 radical (unpaired) electrons. The number of aliphatic hydroxyl groups excluding tert-OH is 1. The molecule has 0 amide bonds. The molecule has 4 heteroatoms. The van der Waals surface area contributed by atoms with Gasteiger partial charge >= 0.3 is 6.16 Å². The van der Waals surface area contributed by atoms with E-state index in [1.165, 1.54) is 6.08 Å². The number of benzene rings is 1. The van der Waals surface area contributed by atoms with Crippen molar-refractivity contribution in [3.8, 4) is 0 Å². The van der Waals surface area contributed by atoms with Crippen LogP contribution in [0.15, 0.2) is 43.0 Å². The SMILES string of the molecule is C=CC(O)COC(=O)OCc1ccccc1. The average molecular weight is 222 g/mol. The fraction of sp³-hybridized carbons (Fsp3) is 0.250. The van der Waals surface area contributed by atoms with Crippen molar-refractivity contribution < 1.29 is 19.4 Å². The minimum Gasteiger partial charge on any atom is -0.431 e. The number of aliphatic hydroxyl groups is 1. The molecular weight excluding hydrogens is 208 g/mol. The molecule has 0 aromatic heterocycles. The van der Waals surface area contributed by atoms with Crippen molar-refractivity contribution >= 4 is 6.16 Å². The van der Waals surface area contributed by atoms with E-state index in [4.69, 9.17) is 9.84 Å². The first-order valence-electron chi connectivity index (χ1n) is 4.86. The lowest BCUT2D eigenvalue weighted by Gasteiger charge is -2.07. The van der Waals surface area contributed by atoms with Gasteiger partial charge in [0.25, 0.3) is 0 Å². The maximum Gasteiger partial charge on any atom is 0.508 e. The molecule has 4 nitrogen and oxygen atoms in total. The number of carbonyl (C=O) groups is 1. The van der Waals surface area contributed by atoms with E-state index in [1.807, 2.05) is 30.3 Å². The molecule has 0 aliphatic rings. The van der Waals surface area contributed by atoms with Gasteiger partial charge in [-0.2, -0.15) is 0 Å². The van der Waals surface area contributed by atoms with E-state index in [9.17, 15) is 4.79 Å². The molecule has 1 aromatic carbocycles. The van der Waals surface area contributed by atoms with E-state index >= 15 is 0 Å². The topological polar surface area (TPSA) is 55.8 Å². The molecular formula is C12H14O4. The molecule has 1 unspecified atom stereocenters. The van der Waals surface area contributed by atoms with Gasteiger partial charge in [-0.3, -0.25) is 0 Å². The van der Waals surface area contributed by atoms with E-state index in [2.05, 4.69) is 11.3 Å². The van der Waals surface area contributed by atoms with E-state index in [0.29, 0.717) is 0 Å². The fourth-order valence-electron chi connectivity index (χ4n) is 0.980. The smallest absolute Gasteiger partial charge is 0.431 e. The molecule has 1 rings (SSSR count). The first kappa shape index (κ1) is 12.3. The number of carbonyl (C=O) groups excluding carboxylic acids is 1. The Kier molecular flexibility index (Phi) is 5.08. The lowest BCUT2D eigenvalue weighted by atomic mass is 10.2. The van der Waals surface area contributed by atoms with Gasteiger partial charge in [-0.15, -0.1) is 6.58 Å². The molecule has 1 atom stereocenters. The van der Waals surface area contributed by atoms with Crippen LogP contribution < -0.4 is 0 Å². The first-order chi connectivity index (χ1) is 7.72. The van der Waals surface area contributed by atoms with Crippen LogP contribution in [-0.2, 0) is 16.1 Å². The molecule has 0 spiro atoms. The molecule has 0 saturated carbocycles. The van der Waals surface area contributed by atoms with Crippen LogP contribution in [0.2, 0.25) is 0 Å². The van der Waals surface area contributed by atoms with Crippen LogP contribution in [0.25, 0.3) is 0 Å². The van der Waals surface area contributed by atoms with E-state index in [-0.39, 0.29) is 13.2 Å². The van der Waals surface area contributed by atoms with Gasteiger partial charge in [-0.1, -0.05) is 36.4 Å². The average Bonchev–Trinajstić information content (AvgIpc) is 2.34. The van der Waals surface area contributed by atoms with Gasteiger partial charge in [-0.25, -0.2) is 4.79 Å². The third-order valence-electron chi connectivity index (χ3n) is 1.84. The summed E-state index contributed by atoms with van der Waals surface area (Å²) in [6.07, 6.45) is -0.376. The molecule has 0 fully saturated rings. The second-order valence-electron chi connectivity index (χ2n) is 3.14. The standard InChI is InChI=1S/C12H14O4/c1-2-11(13)9-16-12(14)15-8-10-6-4-3-5-7-10/h2-7,11,13H,1,8-9H2. The van der Waals surface area contributed by atoms with Crippen molar-refractivity contribution in [2.24, 2.45) is 0 Å². The Morgan fingerprint density at radius 1 is 1.38 bits per heavy atom. The Morgan fingerprint density at radius 3 is 2.69 bits per heavy atom. The van der Waals surface area contributed by atoms with Crippen LogP contribution in [-0.4, -0.2) is 24.0 Å². The molecule has 0 heterocycles. The van der Waals surface area contributed by atoms with Gasteiger partial charge in [0.1, 0.15) is 19.3 Å². The van der Waals surface area contributed by atoms with Gasteiger partial charge < -0.3 is 14.6 Å². The molecule has 86 valence electrons. The van der Waals surface area contributed by atoms with Crippen molar-refractivity contribution in [3.05, 3.63) is 48.6 Å². The van der Waals surface area contributed by atoms with E-state index < -0.39 is 12.3 Å². The Hall–Kier alpha value is -1.81. The monoisotopic (exact) mass is 222 g/mol. The zero-order valence-corrected chi connectivity index (χ0v) is 8.83. The lowest BCUT2D eigenvalue weighted by molar-refractivity contribution is 0.0263. The summed E-state index contributed by atoms with van der Waals surface area (Å²) in [4.78, 5) is 11.0. The summed E-state index contributed by atoms with van der Waals surface area (Å²) in [6.45, 7) is 3.36. The van der Waals surface area contributed by atoms with Crippen LogP contribution in [0, 0.1) is 0 Å². The molecule has 0 saturated heterocycles. The van der Waals surface area contributed by atoms with E-state index in [1.54, 1.807) is 0 Å². The Bertz CT molecular complexity index is 334. The van der Waals surface area contributed by atoms with Gasteiger partial charge in [-0.05, 0) is 5.56 Å². The van der Waals surface area contributed by atoms with Crippen LogP contribution in [0.4, 0.5) is 4.79 Å². The summed E-state index contributed by atoms with van der Waals surface area (Å²) in [6, 6.07) is 9.26. The highest BCUT2D eigenvalue weighted by atomic mass is 16.7. The van der Waals surface area contributed by atoms with Crippen molar-refractivity contribution in [1.82, 2.24) is 0 Å².